The highest BCUT2D eigenvalue weighted by Crippen LogP contribution is 2.46. The van der Waals surface area contributed by atoms with Crippen molar-refractivity contribution in [3.63, 3.8) is 0 Å². The molecule has 1 aliphatic rings. The molecule has 2 aromatic heterocycles. The molecule has 0 spiro atoms. The monoisotopic (exact) mass is 1060 g/mol. The van der Waals surface area contributed by atoms with Crippen LogP contribution in [0.25, 0.3) is 93.9 Å². The minimum absolute atomic E-state index is 0.447. The molecule has 13 rings (SSSR count). The molecule has 1 saturated carbocycles. The van der Waals surface area contributed by atoms with Crippen LogP contribution in [0.2, 0.25) is 0 Å². The van der Waals surface area contributed by atoms with E-state index in [0.717, 1.165) is 60.1 Å². The smallest absolute Gasteiger partial charge is 0.163 e. The van der Waals surface area contributed by atoms with E-state index >= 15 is 0 Å². The molecule has 1 aliphatic carbocycles. The van der Waals surface area contributed by atoms with Crippen LogP contribution in [0.5, 0.6) is 0 Å². The van der Waals surface area contributed by atoms with Crippen LogP contribution >= 0.6 is 0 Å². The minimum Gasteiger partial charge on any atom is -0.297 e. The number of aliphatic imine (C=N–C) groups is 2. The summed E-state index contributed by atoms with van der Waals surface area (Å²) in [6.07, 6.45) is 8.61. The van der Waals surface area contributed by atoms with Gasteiger partial charge in [-0.05, 0) is 150 Å². The van der Waals surface area contributed by atoms with Crippen molar-refractivity contribution in [1.82, 2.24) is 9.13 Å². The van der Waals surface area contributed by atoms with Crippen molar-refractivity contribution in [2.45, 2.75) is 91.9 Å². The van der Waals surface area contributed by atoms with Crippen LogP contribution in [-0.2, 0) is 6.42 Å². The summed E-state index contributed by atoms with van der Waals surface area (Å²) in [5.74, 6) is 2.71. The number of hydrogen-bond donors (Lipinski definition) is 0. The Kier molecular flexibility index (Phi) is 15.6. The van der Waals surface area contributed by atoms with Gasteiger partial charge in [-0.15, -0.1) is 0 Å². The molecule has 0 N–H and O–H groups in total. The van der Waals surface area contributed by atoms with E-state index in [1.54, 1.807) is 0 Å². The fourth-order valence-electron chi connectivity index (χ4n) is 12.6. The highest BCUT2D eigenvalue weighted by Gasteiger charge is 2.27. The molecule has 1 fully saturated rings. The molecule has 82 heavy (non-hydrogen) atoms. The number of aromatic nitrogens is 2. The van der Waals surface area contributed by atoms with Crippen molar-refractivity contribution in [3.8, 4) is 44.5 Å². The SMILES string of the molecule is C=C(/N=C(\N=C(CCC)n1c2ccccc2c2ccc(-c3ccccc3CCCC)c(C)c21)c1ccc(-c2c(C)cccc2-c2ccccc2)c(C2CCC2)c1)n1c2ccccc2c2ccccc21.Cc1cccc(-c2ccccc2)c1. The number of fused-ring (bicyclic) bond motifs is 6. The van der Waals surface area contributed by atoms with Gasteiger partial charge < -0.3 is 0 Å². The van der Waals surface area contributed by atoms with Crippen LogP contribution in [0.1, 0.15) is 98.1 Å². The molecular formula is C78H72N4. The average molecular weight is 1070 g/mol. The lowest BCUT2D eigenvalue weighted by Gasteiger charge is -2.29. The van der Waals surface area contributed by atoms with Crippen LogP contribution in [0.4, 0.5) is 0 Å². The summed E-state index contributed by atoms with van der Waals surface area (Å²) in [5, 5.41) is 4.82. The van der Waals surface area contributed by atoms with Crippen LogP contribution in [-0.4, -0.2) is 20.8 Å². The zero-order valence-electron chi connectivity index (χ0n) is 48.2. The van der Waals surface area contributed by atoms with E-state index in [-0.39, 0.29) is 0 Å². The third kappa shape index (κ3) is 10.5. The number of hydrogen-bond acceptors (Lipinski definition) is 1. The van der Waals surface area contributed by atoms with E-state index in [1.165, 1.54) is 119 Å². The van der Waals surface area contributed by atoms with Gasteiger partial charge in [0.15, 0.2) is 5.84 Å². The van der Waals surface area contributed by atoms with Gasteiger partial charge in [-0.2, -0.15) is 0 Å². The first-order valence-corrected chi connectivity index (χ1v) is 29.7. The van der Waals surface area contributed by atoms with Crippen molar-refractivity contribution in [2.75, 3.05) is 0 Å². The third-order valence-corrected chi connectivity index (χ3v) is 16.8. The quantitative estimate of drug-likeness (QED) is 0.0815. The summed E-state index contributed by atoms with van der Waals surface area (Å²) in [4.78, 5) is 11.5. The second kappa shape index (κ2) is 23.9. The lowest BCUT2D eigenvalue weighted by molar-refractivity contribution is 0.420. The third-order valence-electron chi connectivity index (χ3n) is 16.8. The highest BCUT2D eigenvalue weighted by molar-refractivity contribution is 6.19. The van der Waals surface area contributed by atoms with Crippen molar-refractivity contribution < 1.29 is 0 Å². The number of aryl methyl sites for hydroxylation is 4. The molecule has 4 heteroatoms. The standard InChI is InChI=1S/C65H60N4.C13H12/c1-6-8-24-46-27-12-13-30-51(46)50-40-41-57-55-33-16-19-37-61(55)69(64(57)44(50)4)62(22-7-2)67-65(66-45(5)68-59-35-17-14-31-53(59)54-32-15-18-36-60(54)68)49-38-39-56(58(42-49)48-28-21-29-48)63-43(3)23-20-34-52(63)47-25-10-9-11-26-47;1-11-6-5-9-13(10-11)12-7-3-2-4-8-12/h9-20,23,25-27,30-42,48H,5-8,21-22,24,28-29H2,1-4H3;2-10H,1H3/b66-65-,67-62?;. The first-order chi connectivity index (χ1) is 40.3. The van der Waals surface area contributed by atoms with Gasteiger partial charge in [-0.3, -0.25) is 9.13 Å². The molecule has 0 unspecified atom stereocenters. The molecule has 0 aliphatic heterocycles. The molecule has 0 saturated heterocycles. The Morgan fingerprint density at radius 3 is 1.73 bits per heavy atom. The summed E-state index contributed by atoms with van der Waals surface area (Å²) < 4.78 is 4.67. The zero-order chi connectivity index (χ0) is 56.1. The molecule has 12 aromatic rings. The fourth-order valence-corrected chi connectivity index (χ4v) is 12.6. The van der Waals surface area contributed by atoms with E-state index in [4.69, 9.17) is 16.6 Å². The largest absolute Gasteiger partial charge is 0.297 e. The zero-order valence-corrected chi connectivity index (χ0v) is 48.2. The molecule has 0 atom stereocenters. The molecule has 0 amide bonds. The van der Waals surface area contributed by atoms with E-state index in [0.29, 0.717) is 17.6 Å². The lowest BCUT2D eigenvalue weighted by atomic mass is 9.75. The number of para-hydroxylation sites is 3. The Balaban J connectivity index is 0.000000449. The van der Waals surface area contributed by atoms with Gasteiger partial charge in [0.1, 0.15) is 11.7 Å². The van der Waals surface area contributed by atoms with Crippen molar-refractivity contribution in [2.24, 2.45) is 9.98 Å². The van der Waals surface area contributed by atoms with Crippen LogP contribution in [0, 0.1) is 20.8 Å². The molecular weight excluding hydrogens is 993 g/mol. The first kappa shape index (κ1) is 53.5. The number of rotatable bonds is 13. The van der Waals surface area contributed by atoms with Crippen LogP contribution in [0.3, 0.4) is 0 Å². The van der Waals surface area contributed by atoms with Gasteiger partial charge in [0.2, 0.25) is 0 Å². The van der Waals surface area contributed by atoms with Gasteiger partial charge in [0, 0.05) is 33.5 Å². The summed E-state index contributed by atoms with van der Waals surface area (Å²) in [6.45, 7) is 16.0. The predicted octanol–water partition coefficient (Wildman–Crippen LogP) is 21.4. The molecule has 2 heterocycles. The first-order valence-electron chi connectivity index (χ1n) is 29.7. The maximum absolute atomic E-state index is 5.88. The number of amidine groups is 1. The predicted molar refractivity (Wildman–Crippen MR) is 353 cm³/mol. The Hall–Kier alpha value is -9.12. The molecule has 404 valence electrons. The molecule has 10 aromatic carbocycles. The summed E-state index contributed by atoms with van der Waals surface area (Å²) in [7, 11) is 0. The van der Waals surface area contributed by atoms with Crippen molar-refractivity contribution >= 4 is 61.1 Å². The van der Waals surface area contributed by atoms with Gasteiger partial charge in [-0.1, -0.05) is 245 Å². The fraction of sp³-hybridized carbons (Fsp3) is 0.179. The van der Waals surface area contributed by atoms with Gasteiger partial charge >= 0.3 is 0 Å². The Morgan fingerprint density at radius 1 is 0.488 bits per heavy atom. The summed E-state index contributed by atoms with van der Waals surface area (Å²) in [5.41, 5.74) is 22.3. The van der Waals surface area contributed by atoms with E-state index in [1.807, 2.05) is 6.07 Å². The van der Waals surface area contributed by atoms with E-state index in [2.05, 4.69) is 268 Å². The average Bonchev–Trinajstić information content (AvgIpc) is 3.31. The van der Waals surface area contributed by atoms with Crippen molar-refractivity contribution in [3.05, 3.63) is 270 Å². The Labute approximate surface area is 484 Å². The summed E-state index contributed by atoms with van der Waals surface area (Å²) >= 11 is 0. The maximum Gasteiger partial charge on any atom is 0.163 e. The maximum atomic E-state index is 5.88. The van der Waals surface area contributed by atoms with Crippen LogP contribution in [0.15, 0.2) is 247 Å². The second-order valence-corrected chi connectivity index (χ2v) is 22.3. The number of nitrogens with zero attached hydrogens (tertiary/aromatic N) is 4. The normalized spacial score (nSPS) is 12.9. The second-order valence-electron chi connectivity index (χ2n) is 22.3. The Bertz CT molecular complexity index is 4300. The topological polar surface area (TPSA) is 34.6 Å². The highest BCUT2D eigenvalue weighted by atomic mass is 15.2. The summed E-state index contributed by atoms with van der Waals surface area (Å²) in [6, 6.07) is 83.3. The van der Waals surface area contributed by atoms with Gasteiger partial charge in [0.05, 0.1) is 22.1 Å². The number of benzene rings is 10. The van der Waals surface area contributed by atoms with Gasteiger partial charge in [-0.25, -0.2) is 9.98 Å². The van der Waals surface area contributed by atoms with Gasteiger partial charge in [0.25, 0.3) is 0 Å². The Morgan fingerprint density at radius 2 is 1.07 bits per heavy atom. The van der Waals surface area contributed by atoms with E-state index < -0.39 is 0 Å². The van der Waals surface area contributed by atoms with Crippen molar-refractivity contribution in [1.29, 1.82) is 0 Å². The van der Waals surface area contributed by atoms with E-state index in [9.17, 15) is 0 Å². The molecule has 0 bridgehead atoms. The lowest BCUT2D eigenvalue weighted by Crippen LogP contribution is -2.16. The minimum atomic E-state index is 0.447. The van der Waals surface area contributed by atoms with Crippen LogP contribution < -0.4 is 0 Å². The molecule has 4 nitrogen and oxygen atoms in total. The number of unbranched alkanes of at least 4 members (excludes halogenated alkanes) is 1. The molecule has 0 radical (unpaired) electrons.